The summed E-state index contributed by atoms with van der Waals surface area (Å²) in [7, 11) is 0. The molecule has 0 aromatic heterocycles. The van der Waals surface area contributed by atoms with Crippen molar-refractivity contribution in [1.29, 1.82) is 0 Å². The van der Waals surface area contributed by atoms with Crippen LogP contribution in [0.4, 0.5) is 0 Å². The molecular formula is C18H25NO. The van der Waals surface area contributed by atoms with Gasteiger partial charge in [0.05, 0.1) is 0 Å². The third-order valence-electron chi connectivity index (χ3n) is 5.61. The van der Waals surface area contributed by atoms with Crippen molar-refractivity contribution >= 4 is 5.78 Å². The van der Waals surface area contributed by atoms with Crippen LogP contribution in [-0.2, 0) is 11.2 Å². The SMILES string of the molecule is CC1CCC(CN)(C(=O)CC2Cc3ccccc32)CC1. The predicted octanol–water partition coefficient (Wildman–Crippen LogP) is 3.44. The molecule has 0 spiro atoms. The maximum absolute atomic E-state index is 12.8. The fraction of sp³-hybridized carbons (Fsp3) is 0.611. The fourth-order valence-electron chi connectivity index (χ4n) is 3.90. The number of hydrogen-bond acceptors (Lipinski definition) is 2. The van der Waals surface area contributed by atoms with Gasteiger partial charge in [0.25, 0.3) is 0 Å². The summed E-state index contributed by atoms with van der Waals surface area (Å²) in [5.74, 6) is 1.62. The van der Waals surface area contributed by atoms with E-state index in [0.717, 1.165) is 38.0 Å². The molecule has 2 nitrogen and oxygen atoms in total. The summed E-state index contributed by atoms with van der Waals surface area (Å²) in [6, 6.07) is 8.52. The van der Waals surface area contributed by atoms with Crippen molar-refractivity contribution in [2.75, 3.05) is 6.54 Å². The van der Waals surface area contributed by atoms with Gasteiger partial charge in [-0.05, 0) is 55.1 Å². The summed E-state index contributed by atoms with van der Waals surface area (Å²) >= 11 is 0. The molecule has 0 aliphatic heterocycles. The Morgan fingerprint density at radius 1 is 1.30 bits per heavy atom. The summed E-state index contributed by atoms with van der Waals surface area (Å²) in [6.07, 6.45) is 6.08. The Labute approximate surface area is 121 Å². The molecule has 0 amide bonds. The zero-order chi connectivity index (χ0) is 14.2. The number of Topliss-reactive ketones (excluding diaryl/α,β-unsaturated/α-hetero) is 1. The van der Waals surface area contributed by atoms with Gasteiger partial charge in [0.15, 0.2) is 0 Å². The van der Waals surface area contributed by atoms with Crippen molar-refractivity contribution in [1.82, 2.24) is 0 Å². The second-order valence-corrected chi connectivity index (χ2v) is 6.89. The largest absolute Gasteiger partial charge is 0.329 e. The minimum absolute atomic E-state index is 0.211. The van der Waals surface area contributed by atoms with Crippen molar-refractivity contribution in [2.24, 2.45) is 17.1 Å². The first-order valence-electron chi connectivity index (χ1n) is 7.96. The van der Waals surface area contributed by atoms with E-state index in [1.807, 2.05) is 0 Å². The average Bonchev–Trinajstić information content (AvgIpc) is 2.46. The number of carbonyl (C=O) groups excluding carboxylic acids is 1. The number of nitrogens with two attached hydrogens (primary N) is 1. The summed E-state index contributed by atoms with van der Waals surface area (Å²) in [4.78, 5) is 12.8. The van der Waals surface area contributed by atoms with Crippen LogP contribution in [0.2, 0.25) is 0 Å². The van der Waals surface area contributed by atoms with E-state index in [9.17, 15) is 4.79 Å². The molecule has 0 heterocycles. The molecule has 2 heteroatoms. The highest BCUT2D eigenvalue weighted by molar-refractivity contribution is 5.86. The smallest absolute Gasteiger partial charge is 0.140 e. The number of carbonyl (C=O) groups is 1. The van der Waals surface area contributed by atoms with Crippen LogP contribution < -0.4 is 5.73 Å². The van der Waals surface area contributed by atoms with E-state index in [2.05, 4.69) is 31.2 Å². The van der Waals surface area contributed by atoms with Crippen LogP contribution in [0.3, 0.4) is 0 Å². The van der Waals surface area contributed by atoms with Gasteiger partial charge >= 0.3 is 0 Å². The second kappa shape index (κ2) is 5.33. The number of fused-ring (bicyclic) bond motifs is 1. The highest BCUT2D eigenvalue weighted by Gasteiger charge is 2.41. The first kappa shape index (κ1) is 13.8. The molecule has 2 aliphatic carbocycles. The lowest BCUT2D eigenvalue weighted by molar-refractivity contribution is -0.131. The maximum Gasteiger partial charge on any atom is 0.140 e. The second-order valence-electron chi connectivity index (χ2n) is 6.89. The minimum Gasteiger partial charge on any atom is -0.329 e. The molecule has 1 aromatic carbocycles. The van der Waals surface area contributed by atoms with Gasteiger partial charge in [0.1, 0.15) is 5.78 Å². The Kier molecular flexibility index (Phi) is 3.68. The van der Waals surface area contributed by atoms with E-state index >= 15 is 0 Å². The maximum atomic E-state index is 12.8. The van der Waals surface area contributed by atoms with Gasteiger partial charge in [0.2, 0.25) is 0 Å². The summed E-state index contributed by atoms with van der Waals surface area (Å²) in [6.45, 7) is 2.82. The molecule has 1 unspecified atom stereocenters. The van der Waals surface area contributed by atoms with Crippen LogP contribution in [0.5, 0.6) is 0 Å². The molecule has 2 aliphatic rings. The van der Waals surface area contributed by atoms with Crippen molar-refractivity contribution in [3.8, 4) is 0 Å². The Morgan fingerprint density at radius 3 is 2.65 bits per heavy atom. The fourth-order valence-corrected chi connectivity index (χ4v) is 3.90. The van der Waals surface area contributed by atoms with Crippen molar-refractivity contribution in [3.05, 3.63) is 35.4 Å². The Morgan fingerprint density at radius 2 is 2.00 bits per heavy atom. The first-order valence-corrected chi connectivity index (χ1v) is 7.96. The van der Waals surface area contributed by atoms with Crippen LogP contribution in [-0.4, -0.2) is 12.3 Å². The minimum atomic E-state index is -0.211. The molecule has 20 heavy (non-hydrogen) atoms. The van der Waals surface area contributed by atoms with E-state index in [1.165, 1.54) is 11.1 Å². The zero-order valence-corrected chi connectivity index (χ0v) is 12.4. The molecule has 1 aromatic rings. The van der Waals surface area contributed by atoms with Gasteiger partial charge in [-0.2, -0.15) is 0 Å². The van der Waals surface area contributed by atoms with Gasteiger partial charge < -0.3 is 5.73 Å². The highest BCUT2D eigenvalue weighted by atomic mass is 16.1. The van der Waals surface area contributed by atoms with Crippen LogP contribution in [0.25, 0.3) is 0 Å². The van der Waals surface area contributed by atoms with E-state index < -0.39 is 0 Å². The first-order chi connectivity index (χ1) is 9.64. The lowest BCUT2D eigenvalue weighted by atomic mass is 9.65. The summed E-state index contributed by atoms with van der Waals surface area (Å²) < 4.78 is 0. The van der Waals surface area contributed by atoms with Crippen molar-refractivity contribution < 1.29 is 4.79 Å². The van der Waals surface area contributed by atoms with E-state index in [-0.39, 0.29) is 5.41 Å². The molecule has 108 valence electrons. The topological polar surface area (TPSA) is 43.1 Å². The van der Waals surface area contributed by atoms with Gasteiger partial charge in [-0.3, -0.25) is 4.79 Å². The molecule has 2 N–H and O–H groups in total. The summed E-state index contributed by atoms with van der Waals surface area (Å²) in [5.41, 5.74) is 8.59. The predicted molar refractivity (Wildman–Crippen MR) is 81.6 cm³/mol. The Bertz CT molecular complexity index is 500. The molecule has 0 saturated heterocycles. The Hall–Kier alpha value is -1.15. The van der Waals surface area contributed by atoms with Gasteiger partial charge in [0, 0.05) is 18.4 Å². The van der Waals surface area contributed by atoms with E-state index in [1.54, 1.807) is 0 Å². The van der Waals surface area contributed by atoms with Crippen molar-refractivity contribution in [2.45, 2.75) is 51.4 Å². The molecule has 1 atom stereocenters. The third-order valence-corrected chi connectivity index (χ3v) is 5.61. The normalized spacial score (nSPS) is 32.3. The zero-order valence-electron chi connectivity index (χ0n) is 12.4. The highest BCUT2D eigenvalue weighted by Crippen LogP contribution is 2.44. The monoisotopic (exact) mass is 271 g/mol. The van der Waals surface area contributed by atoms with E-state index in [0.29, 0.717) is 24.7 Å². The van der Waals surface area contributed by atoms with Crippen molar-refractivity contribution in [3.63, 3.8) is 0 Å². The van der Waals surface area contributed by atoms with Gasteiger partial charge in [-0.15, -0.1) is 0 Å². The third kappa shape index (κ3) is 2.31. The van der Waals surface area contributed by atoms with Crippen LogP contribution in [0.15, 0.2) is 24.3 Å². The van der Waals surface area contributed by atoms with Crippen LogP contribution in [0.1, 0.15) is 56.1 Å². The van der Waals surface area contributed by atoms with Gasteiger partial charge in [-0.25, -0.2) is 0 Å². The van der Waals surface area contributed by atoms with Gasteiger partial charge in [-0.1, -0.05) is 31.2 Å². The molecule has 0 bridgehead atoms. The quantitative estimate of drug-likeness (QED) is 0.911. The molecule has 1 fully saturated rings. The number of benzene rings is 1. The lowest BCUT2D eigenvalue weighted by Crippen LogP contribution is -2.42. The number of rotatable bonds is 4. The van der Waals surface area contributed by atoms with Crippen LogP contribution in [0, 0.1) is 11.3 Å². The van der Waals surface area contributed by atoms with Crippen LogP contribution >= 0.6 is 0 Å². The molecule has 3 rings (SSSR count). The summed E-state index contributed by atoms with van der Waals surface area (Å²) in [5, 5.41) is 0. The number of hydrogen-bond donors (Lipinski definition) is 1. The Balaban J connectivity index is 1.67. The lowest BCUT2D eigenvalue weighted by Gasteiger charge is -2.39. The molecule has 1 saturated carbocycles. The standard InChI is InChI=1S/C18H25NO/c1-13-6-8-18(12-19,9-7-13)17(20)11-15-10-14-4-2-3-5-16(14)15/h2-5,13,15H,6-12,19H2,1H3. The van der Waals surface area contributed by atoms with E-state index in [4.69, 9.17) is 5.73 Å². The molecular weight excluding hydrogens is 246 g/mol. The number of ketones is 1. The molecule has 0 radical (unpaired) electrons. The average molecular weight is 271 g/mol.